The Balaban J connectivity index is 4.10. The fraction of sp³-hybridized carbons (Fsp3) is 0.545. The zero-order chi connectivity index (χ0) is 8.69. The van der Waals surface area contributed by atoms with Gasteiger partial charge in [0.2, 0.25) is 0 Å². The fourth-order valence-corrected chi connectivity index (χ4v) is 0.982. The fourth-order valence-electron chi connectivity index (χ4n) is 0.982. The van der Waals surface area contributed by atoms with Gasteiger partial charge >= 0.3 is 0 Å². The van der Waals surface area contributed by atoms with Gasteiger partial charge < -0.3 is 0 Å². The molecule has 0 nitrogen and oxygen atoms in total. The molecule has 1 atom stereocenters. The Morgan fingerprint density at radius 2 is 2.27 bits per heavy atom. The van der Waals surface area contributed by atoms with Crippen molar-refractivity contribution < 1.29 is 0 Å². The van der Waals surface area contributed by atoms with Crippen LogP contribution in [0.3, 0.4) is 0 Å². The molecule has 0 bridgehead atoms. The average Bonchev–Trinajstić information content (AvgIpc) is 2.00. The van der Waals surface area contributed by atoms with Gasteiger partial charge in [-0.05, 0) is 30.9 Å². The maximum Gasteiger partial charge on any atom is -0.0158 e. The Kier molecular flexibility index (Phi) is 5.60. The molecule has 0 spiro atoms. The van der Waals surface area contributed by atoms with Crippen LogP contribution in [0.4, 0.5) is 0 Å². The number of hydrogen-bond donors (Lipinski definition) is 0. The Bertz CT molecular complexity index is 168. The topological polar surface area (TPSA) is 0 Å². The van der Waals surface area contributed by atoms with E-state index in [1.807, 2.05) is 6.08 Å². The second-order valence-corrected chi connectivity index (χ2v) is 2.92. The number of allylic oxidation sites excluding steroid dienone is 2. The van der Waals surface area contributed by atoms with E-state index >= 15 is 0 Å². The molecule has 1 unspecified atom stereocenters. The molecule has 0 heterocycles. The van der Waals surface area contributed by atoms with Crippen molar-refractivity contribution in [2.24, 2.45) is 5.92 Å². The SMILES string of the molecule is C=CC=C=C(C)C(C)CCC. The lowest BCUT2D eigenvalue weighted by atomic mass is 9.98. The average molecular weight is 150 g/mol. The highest BCUT2D eigenvalue weighted by Gasteiger charge is 2.00. The summed E-state index contributed by atoms with van der Waals surface area (Å²) in [5, 5.41) is 0. The lowest BCUT2D eigenvalue weighted by Gasteiger charge is -2.06. The molecule has 0 saturated carbocycles. The van der Waals surface area contributed by atoms with Crippen LogP contribution in [-0.2, 0) is 0 Å². The molecule has 62 valence electrons. The summed E-state index contributed by atoms with van der Waals surface area (Å²) in [4.78, 5) is 0. The second-order valence-electron chi connectivity index (χ2n) is 2.92. The molecule has 0 aliphatic heterocycles. The Morgan fingerprint density at radius 3 is 2.73 bits per heavy atom. The second kappa shape index (κ2) is 6.00. The van der Waals surface area contributed by atoms with Gasteiger partial charge in [0.1, 0.15) is 0 Å². The van der Waals surface area contributed by atoms with Crippen LogP contribution in [-0.4, -0.2) is 0 Å². The van der Waals surface area contributed by atoms with Crippen LogP contribution >= 0.6 is 0 Å². The van der Waals surface area contributed by atoms with E-state index < -0.39 is 0 Å². The summed E-state index contributed by atoms with van der Waals surface area (Å²) in [6, 6.07) is 0. The first-order valence-electron chi connectivity index (χ1n) is 4.26. The van der Waals surface area contributed by atoms with Crippen LogP contribution in [0, 0.1) is 5.92 Å². The van der Waals surface area contributed by atoms with Crippen molar-refractivity contribution in [2.45, 2.75) is 33.6 Å². The lowest BCUT2D eigenvalue weighted by molar-refractivity contribution is 0.602. The Labute approximate surface area is 70.3 Å². The molecule has 0 amide bonds. The van der Waals surface area contributed by atoms with Crippen molar-refractivity contribution in [3.8, 4) is 0 Å². The van der Waals surface area contributed by atoms with Gasteiger partial charge in [0.15, 0.2) is 0 Å². The summed E-state index contributed by atoms with van der Waals surface area (Å²) < 4.78 is 0. The third-order valence-corrected chi connectivity index (χ3v) is 1.89. The van der Waals surface area contributed by atoms with Gasteiger partial charge in [-0.2, -0.15) is 0 Å². The third-order valence-electron chi connectivity index (χ3n) is 1.89. The number of rotatable bonds is 4. The standard InChI is InChI=1S/C11H18/c1-5-7-9-11(4)10(3)8-6-2/h5,7,10H,1,6,8H2,2-4H3. The van der Waals surface area contributed by atoms with E-state index in [-0.39, 0.29) is 0 Å². The highest BCUT2D eigenvalue weighted by molar-refractivity contribution is 5.06. The largest absolute Gasteiger partial charge is 0.122 e. The highest BCUT2D eigenvalue weighted by atomic mass is 14.0. The summed E-state index contributed by atoms with van der Waals surface area (Å²) in [6.45, 7) is 10.2. The monoisotopic (exact) mass is 150 g/mol. The predicted molar refractivity (Wildman–Crippen MR) is 51.5 cm³/mol. The van der Waals surface area contributed by atoms with Crippen molar-refractivity contribution in [2.75, 3.05) is 0 Å². The first kappa shape index (κ1) is 10.3. The minimum Gasteiger partial charge on any atom is -0.122 e. The summed E-state index contributed by atoms with van der Waals surface area (Å²) in [6.07, 6.45) is 6.14. The van der Waals surface area contributed by atoms with E-state index in [2.05, 4.69) is 33.1 Å². The van der Waals surface area contributed by atoms with Gasteiger partial charge in [-0.3, -0.25) is 0 Å². The van der Waals surface area contributed by atoms with Crippen LogP contribution in [0.25, 0.3) is 0 Å². The van der Waals surface area contributed by atoms with Crippen LogP contribution in [0.1, 0.15) is 33.6 Å². The molecular weight excluding hydrogens is 132 g/mol. The van der Waals surface area contributed by atoms with Gasteiger partial charge in [-0.15, -0.1) is 5.73 Å². The van der Waals surface area contributed by atoms with Crippen LogP contribution < -0.4 is 0 Å². The minimum atomic E-state index is 0.663. The van der Waals surface area contributed by atoms with Crippen LogP contribution in [0.15, 0.2) is 30.0 Å². The third kappa shape index (κ3) is 4.64. The molecule has 0 aliphatic carbocycles. The molecule has 0 aromatic heterocycles. The van der Waals surface area contributed by atoms with Gasteiger partial charge in [0.05, 0.1) is 0 Å². The van der Waals surface area contributed by atoms with E-state index in [9.17, 15) is 0 Å². The quantitative estimate of drug-likeness (QED) is 0.423. The molecule has 0 rings (SSSR count). The summed E-state index contributed by atoms with van der Waals surface area (Å²) in [5.41, 5.74) is 4.52. The van der Waals surface area contributed by atoms with Gasteiger partial charge in [-0.25, -0.2) is 0 Å². The molecule has 0 aromatic carbocycles. The molecule has 11 heavy (non-hydrogen) atoms. The first-order valence-corrected chi connectivity index (χ1v) is 4.26. The van der Waals surface area contributed by atoms with E-state index in [1.54, 1.807) is 6.08 Å². The van der Waals surface area contributed by atoms with Crippen LogP contribution in [0.2, 0.25) is 0 Å². The molecule has 0 heteroatoms. The van der Waals surface area contributed by atoms with Crippen molar-refractivity contribution in [1.29, 1.82) is 0 Å². The predicted octanol–water partition coefficient (Wildman–Crippen LogP) is 3.71. The van der Waals surface area contributed by atoms with Gasteiger partial charge in [0, 0.05) is 0 Å². The van der Waals surface area contributed by atoms with Crippen molar-refractivity contribution >= 4 is 0 Å². The van der Waals surface area contributed by atoms with E-state index in [0.29, 0.717) is 5.92 Å². The molecule has 0 aromatic rings. The van der Waals surface area contributed by atoms with E-state index in [0.717, 1.165) is 0 Å². The van der Waals surface area contributed by atoms with Crippen molar-refractivity contribution in [1.82, 2.24) is 0 Å². The zero-order valence-electron chi connectivity index (χ0n) is 7.85. The first-order chi connectivity index (χ1) is 5.22. The molecule has 0 aliphatic rings. The normalized spacial score (nSPS) is 11.5. The maximum absolute atomic E-state index is 3.61. The maximum atomic E-state index is 3.61. The Morgan fingerprint density at radius 1 is 1.64 bits per heavy atom. The summed E-state index contributed by atoms with van der Waals surface area (Å²) in [5.74, 6) is 0.663. The van der Waals surface area contributed by atoms with E-state index in [4.69, 9.17) is 0 Å². The van der Waals surface area contributed by atoms with Crippen molar-refractivity contribution in [3.05, 3.63) is 30.0 Å². The molecular formula is C11H18. The van der Waals surface area contributed by atoms with Gasteiger partial charge in [-0.1, -0.05) is 32.9 Å². The molecule has 0 saturated heterocycles. The minimum absolute atomic E-state index is 0.663. The van der Waals surface area contributed by atoms with Crippen LogP contribution in [0.5, 0.6) is 0 Å². The van der Waals surface area contributed by atoms with E-state index in [1.165, 1.54) is 18.4 Å². The zero-order valence-corrected chi connectivity index (χ0v) is 7.85. The highest BCUT2D eigenvalue weighted by Crippen LogP contribution is 2.13. The van der Waals surface area contributed by atoms with Crippen molar-refractivity contribution in [3.63, 3.8) is 0 Å². The van der Waals surface area contributed by atoms with Gasteiger partial charge in [0.25, 0.3) is 0 Å². The molecule has 0 fully saturated rings. The molecule has 0 radical (unpaired) electrons. The smallest absolute Gasteiger partial charge is 0.0158 e. The molecule has 0 N–H and O–H groups in total. The summed E-state index contributed by atoms with van der Waals surface area (Å²) >= 11 is 0. The Hall–Kier alpha value is -0.740. The summed E-state index contributed by atoms with van der Waals surface area (Å²) in [7, 11) is 0. The lowest BCUT2D eigenvalue weighted by Crippen LogP contribution is -1.93. The number of hydrogen-bond acceptors (Lipinski definition) is 0.